The Kier molecular flexibility index (Phi) is 7.22. The fraction of sp³-hybridized carbons (Fsp3) is 0.280. The molecule has 3 aromatic rings. The standard InChI is InChI=1S/C25H25Cl3N2/c26-21-10-8-20(9-11-21)25-18-29(14-4-7-19-5-2-1-3-6-19)15-16-30(25)24-13-12-22(27)17-23(24)28/h1-3,5-6,8-13,17,25H,4,7,14-16,18H2. The molecule has 0 aromatic heterocycles. The summed E-state index contributed by atoms with van der Waals surface area (Å²) >= 11 is 18.8. The first-order valence-corrected chi connectivity index (χ1v) is 11.5. The highest BCUT2D eigenvalue weighted by atomic mass is 35.5. The molecule has 1 heterocycles. The third-order valence-corrected chi connectivity index (χ3v) is 6.51. The normalized spacial score (nSPS) is 17.3. The van der Waals surface area contributed by atoms with E-state index in [4.69, 9.17) is 34.8 Å². The van der Waals surface area contributed by atoms with Gasteiger partial charge in [-0.1, -0.05) is 77.3 Å². The number of benzene rings is 3. The van der Waals surface area contributed by atoms with Crippen LogP contribution in [0.2, 0.25) is 15.1 Å². The summed E-state index contributed by atoms with van der Waals surface area (Å²) in [6, 6.07) is 24.9. The van der Waals surface area contributed by atoms with Crippen molar-refractivity contribution < 1.29 is 0 Å². The van der Waals surface area contributed by atoms with Crippen molar-refractivity contribution in [1.29, 1.82) is 0 Å². The molecule has 5 heteroatoms. The van der Waals surface area contributed by atoms with E-state index in [2.05, 4.69) is 52.3 Å². The van der Waals surface area contributed by atoms with Crippen molar-refractivity contribution in [1.82, 2.24) is 4.90 Å². The van der Waals surface area contributed by atoms with E-state index in [0.717, 1.165) is 49.7 Å². The van der Waals surface area contributed by atoms with Gasteiger partial charge in [0.25, 0.3) is 0 Å². The zero-order valence-corrected chi connectivity index (χ0v) is 19.0. The van der Waals surface area contributed by atoms with E-state index in [9.17, 15) is 0 Å². The fourth-order valence-corrected chi connectivity index (χ4v) is 4.81. The zero-order chi connectivity index (χ0) is 20.9. The average molecular weight is 460 g/mol. The minimum absolute atomic E-state index is 0.214. The van der Waals surface area contributed by atoms with Crippen LogP contribution in [0.5, 0.6) is 0 Å². The summed E-state index contributed by atoms with van der Waals surface area (Å²) in [4.78, 5) is 4.96. The van der Waals surface area contributed by atoms with Gasteiger partial charge in [-0.25, -0.2) is 0 Å². The first-order valence-electron chi connectivity index (χ1n) is 10.3. The molecule has 0 N–H and O–H groups in total. The van der Waals surface area contributed by atoms with E-state index in [1.165, 1.54) is 11.1 Å². The number of piperazine rings is 1. The molecule has 1 fully saturated rings. The van der Waals surface area contributed by atoms with Crippen molar-refractivity contribution >= 4 is 40.5 Å². The average Bonchev–Trinajstić information content (AvgIpc) is 2.75. The highest BCUT2D eigenvalue weighted by Crippen LogP contribution is 2.36. The Morgan fingerprint density at radius 2 is 1.53 bits per heavy atom. The second kappa shape index (κ2) is 10.1. The molecule has 0 spiro atoms. The van der Waals surface area contributed by atoms with Crippen molar-refractivity contribution in [2.45, 2.75) is 18.9 Å². The van der Waals surface area contributed by atoms with Crippen LogP contribution >= 0.6 is 34.8 Å². The third kappa shape index (κ3) is 5.31. The topological polar surface area (TPSA) is 6.48 Å². The predicted molar refractivity (Wildman–Crippen MR) is 129 cm³/mol. The molecule has 0 bridgehead atoms. The van der Waals surface area contributed by atoms with Crippen LogP contribution in [0.1, 0.15) is 23.6 Å². The van der Waals surface area contributed by atoms with Crippen molar-refractivity contribution in [3.8, 4) is 0 Å². The number of rotatable bonds is 6. The summed E-state index contributed by atoms with van der Waals surface area (Å²) in [6.45, 7) is 3.97. The van der Waals surface area contributed by atoms with Gasteiger partial charge in [0.2, 0.25) is 0 Å². The zero-order valence-electron chi connectivity index (χ0n) is 16.8. The molecule has 0 aliphatic carbocycles. The maximum atomic E-state index is 6.57. The molecule has 0 radical (unpaired) electrons. The number of hydrogen-bond donors (Lipinski definition) is 0. The smallest absolute Gasteiger partial charge is 0.0670 e. The minimum Gasteiger partial charge on any atom is -0.361 e. The van der Waals surface area contributed by atoms with Gasteiger partial charge in [-0.3, -0.25) is 4.90 Å². The molecule has 0 amide bonds. The van der Waals surface area contributed by atoms with Crippen LogP contribution in [0.15, 0.2) is 72.8 Å². The van der Waals surface area contributed by atoms with Gasteiger partial charge in [0.05, 0.1) is 16.8 Å². The van der Waals surface area contributed by atoms with E-state index in [-0.39, 0.29) is 6.04 Å². The monoisotopic (exact) mass is 458 g/mol. The molecule has 1 saturated heterocycles. The molecular weight excluding hydrogens is 435 g/mol. The van der Waals surface area contributed by atoms with Crippen LogP contribution in [-0.4, -0.2) is 31.1 Å². The molecule has 2 nitrogen and oxygen atoms in total. The number of anilines is 1. The van der Waals surface area contributed by atoms with Gasteiger partial charge in [-0.15, -0.1) is 0 Å². The van der Waals surface area contributed by atoms with Gasteiger partial charge in [-0.05, 0) is 60.8 Å². The Balaban J connectivity index is 1.50. The lowest BCUT2D eigenvalue weighted by Crippen LogP contribution is -2.49. The largest absolute Gasteiger partial charge is 0.361 e. The highest BCUT2D eigenvalue weighted by Gasteiger charge is 2.29. The lowest BCUT2D eigenvalue weighted by Gasteiger charge is -2.43. The van der Waals surface area contributed by atoms with Gasteiger partial charge in [0.15, 0.2) is 0 Å². The van der Waals surface area contributed by atoms with Crippen molar-refractivity contribution in [3.05, 3.63) is 99.0 Å². The highest BCUT2D eigenvalue weighted by molar-refractivity contribution is 6.36. The molecule has 1 aliphatic rings. The van der Waals surface area contributed by atoms with Crippen molar-refractivity contribution in [2.75, 3.05) is 31.1 Å². The SMILES string of the molecule is Clc1ccc(C2CN(CCCc3ccccc3)CCN2c2ccc(Cl)cc2Cl)cc1. The van der Waals surface area contributed by atoms with Gasteiger partial charge in [0, 0.05) is 29.7 Å². The molecule has 156 valence electrons. The molecule has 3 aromatic carbocycles. The second-order valence-corrected chi connectivity index (χ2v) is 9.03. The maximum absolute atomic E-state index is 6.57. The third-order valence-electron chi connectivity index (χ3n) is 5.72. The van der Waals surface area contributed by atoms with Gasteiger partial charge in [0.1, 0.15) is 0 Å². The van der Waals surface area contributed by atoms with Crippen LogP contribution in [0.3, 0.4) is 0 Å². The summed E-state index contributed by atoms with van der Waals surface area (Å²) in [5, 5.41) is 2.11. The van der Waals surface area contributed by atoms with Crippen molar-refractivity contribution in [2.24, 2.45) is 0 Å². The van der Waals surface area contributed by atoms with E-state index < -0.39 is 0 Å². The van der Waals surface area contributed by atoms with Crippen LogP contribution in [0, 0.1) is 0 Å². The van der Waals surface area contributed by atoms with Crippen LogP contribution < -0.4 is 4.90 Å². The van der Waals surface area contributed by atoms with E-state index in [1.54, 1.807) is 0 Å². The number of aryl methyl sites for hydroxylation is 1. The van der Waals surface area contributed by atoms with E-state index >= 15 is 0 Å². The van der Waals surface area contributed by atoms with Gasteiger partial charge < -0.3 is 4.90 Å². The van der Waals surface area contributed by atoms with Crippen LogP contribution in [0.4, 0.5) is 5.69 Å². The fourth-order valence-electron chi connectivity index (χ4n) is 4.17. The molecule has 1 aliphatic heterocycles. The van der Waals surface area contributed by atoms with E-state index in [1.807, 2.05) is 30.3 Å². The first-order chi connectivity index (χ1) is 14.6. The van der Waals surface area contributed by atoms with E-state index in [0.29, 0.717) is 10.0 Å². The number of hydrogen-bond acceptors (Lipinski definition) is 2. The Morgan fingerprint density at radius 1 is 0.800 bits per heavy atom. The summed E-state index contributed by atoms with van der Waals surface area (Å²) in [5.41, 5.74) is 3.68. The Labute approximate surface area is 194 Å². The second-order valence-electron chi connectivity index (χ2n) is 7.75. The van der Waals surface area contributed by atoms with Gasteiger partial charge in [-0.2, -0.15) is 0 Å². The number of nitrogens with zero attached hydrogens (tertiary/aromatic N) is 2. The number of halogens is 3. The van der Waals surface area contributed by atoms with Crippen molar-refractivity contribution in [3.63, 3.8) is 0 Å². The Hall–Kier alpha value is -1.71. The Morgan fingerprint density at radius 3 is 2.27 bits per heavy atom. The quantitative estimate of drug-likeness (QED) is 0.386. The molecule has 30 heavy (non-hydrogen) atoms. The summed E-state index contributed by atoms with van der Waals surface area (Å²) in [6.07, 6.45) is 2.26. The van der Waals surface area contributed by atoms with Gasteiger partial charge >= 0.3 is 0 Å². The molecular formula is C25H25Cl3N2. The predicted octanol–water partition coefficient (Wildman–Crippen LogP) is 7.14. The summed E-state index contributed by atoms with van der Waals surface area (Å²) in [7, 11) is 0. The first kappa shape index (κ1) is 21.5. The van der Waals surface area contributed by atoms with Crippen LogP contribution in [-0.2, 0) is 6.42 Å². The van der Waals surface area contributed by atoms with Crippen LogP contribution in [0.25, 0.3) is 0 Å². The molecule has 0 saturated carbocycles. The molecule has 1 atom stereocenters. The lowest BCUT2D eigenvalue weighted by atomic mass is 10.0. The minimum atomic E-state index is 0.214. The molecule has 4 rings (SSSR count). The summed E-state index contributed by atoms with van der Waals surface area (Å²) in [5.74, 6) is 0. The maximum Gasteiger partial charge on any atom is 0.0670 e. The Bertz CT molecular complexity index is 960. The molecule has 1 unspecified atom stereocenters. The summed E-state index contributed by atoms with van der Waals surface area (Å²) < 4.78 is 0. The lowest BCUT2D eigenvalue weighted by molar-refractivity contribution is 0.221.